The summed E-state index contributed by atoms with van der Waals surface area (Å²) in [7, 11) is 0. The van der Waals surface area contributed by atoms with Crippen molar-refractivity contribution in [3.8, 4) is 11.1 Å². The molecule has 0 atom stereocenters. The van der Waals surface area contributed by atoms with Crippen LogP contribution in [-0.4, -0.2) is 4.98 Å². The first kappa shape index (κ1) is 10.1. The fraction of sp³-hybridized carbons (Fsp3) is 0.0833. The number of rotatable bonds is 1. The molecule has 0 amide bonds. The van der Waals surface area contributed by atoms with Crippen molar-refractivity contribution in [2.24, 2.45) is 0 Å². The topological polar surface area (TPSA) is 12.9 Å². The van der Waals surface area contributed by atoms with E-state index < -0.39 is 0 Å². The molecular formula is C12H9ClFN. The van der Waals surface area contributed by atoms with Gasteiger partial charge in [-0.25, -0.2) is 9.37 Å². The number of nitrogens with zero attached hydrogens (tertiary/aromatic N) is 1. The highest BCUT2D eigenvalue weighted by Crippen LogP contribution is 2.23. The Kier molecular flexibility index (Phi) is 2.69. The molecule has 0 spiro atoms. The average Bonchev–Trinajstić information content (AvgIpc) is 2.17. The molecule has 1 aromatic carbocycles. The van der Waals surface area contributed by atoms with Gasteiger partial charge in [-0.05, 0) is 36.8 Å². The second kappa shape index (κ2) is 3.99. The Hall–Kier alpha value is -1.41. The minimum absolute atomic E-state index is 0.248. The third-order valence-electron chi connectivity index (χ3n) is 2.19. The van der Waals surface area contributed by atoms with E-state index in [1.807, 2.05) is 19.1 Å². The summed E-state index contributed by atoms with van der Waals surface area (Å²) >= 11 is 5.75. The van der Waals surface area contributed by atoms with Crippen LogP contribution < -0.4 is 0 Å². The molecule has 15 heavy (non-hydrogen) atoms. The van der Waals surface area contributed by atoms with Gasteiger partial charge in [-0.1, -0.05) is 23.7 Å². The van der Waals surface area contributed by atoms with Crippen LogP contribution in [0, 0.1) is 12.7 Å². The van der Waals surface area contributed by atoms with Crippen molar-refractivity contribution in [1.29, 1.82) is 0 Å². The largest absolute Gasteiger partial charge is 0.241 e. The molecule has 0 saturated carbocycles. The van der Waals surface area contributed by atoms with E-state index >= 15 is 0 Å². The molecule has 0 aliphatic rings. The highest BCUT2D eigenvalue weighted by atomic mass is 35.5. The summed E-state index contributed by atoms with van der Waals surface area (Å²) in [6.45, 7) is 1.85. The second-order valence-electron chi connectivity index (χ2n) is 3.28. The van der Waals surface area contributed by atoms with Crippen LogP contribution in [-0.2, 0) is 0 Å². The van der Waals surface area contributed by atoms with E-state index in [0.29, 0.717) is 5.15 Å². The molecule has 0 aliphatic carbocycles. The fourth-order valence-corrected chi connectivity index (χ4v) is 1.68. The number of benzene rings is 1. The molecule has 0 bridgehead atoms. The Morgan fingerprint density at radius 1 is 1.20 bits per heavy atom. The maximum absolute atomic E-state index is 13.0. The van der Waals surface area contributed by atoms with Crippen LogP contribution >= 0.6 is 11.6 Å². The van der Waals surface area contributed by atoms with Crippen LogP contribution in [0.15, 0.2) is 36.4 Å². The first-order valence-corrected chi connectivity index (χ1v) is 4.94. The summed E-state index contributed by atoms with van der Waals surface area (Å²) in [5, 5.41) is 0.452. The zero-order valence-corrected chi connectivity index (χ0v) is 8.92. The third kappa shape index (κ3) is 2.16. The molecule has 0 fully saturated rings. The van der Waals surface area contributed by atoms with Crippen molar-refractivity contribution < 1.29 is 4.39 Å². The van der Waals surface area contributed by atoms with Gasteiger partial charge in [-0.3, -0.25) is 0 Å². The van der Waals surface area contributed by atoms with Crippen molar-refractivity contribution >= 4 is 11.6 Å². The molecule has 1 nitrogen and oxygen atoms in total. The third-order valence-corrected chi connectivity index (χ3v) is 2.40. The minimum atomic E-state index is -0.248. The van der Waals surface area contributed by atoms with E-state index in [-0.39, 0.29) is 5.82 Å². The number of aromatic nitrogens is 1. The van der Waals surface area contributed by atoms with Crippen molar-refractivity contribution in [3.63, 3.8) is 0 Å². The van der Waals surface area contributed by atoms with Crippen LogP contribution in [0.25, 0.3) is 11.1 Å². The van der Waals surface area contributed by atoms with E-state index in [2.05, 4.69) is 4.98 Å². The van der Waals surface area contributed by atoms with Crippen molar-refractivity contribution in [3.05, 3.63) is 53.1 Å². The van der Waals surface area contributed by atoms with Crippen LogP contribution in [0.2, 0.25) is 5.15 Å². The van der Waals surface area contributed by atoms with Gasteiger partial charge in [-0.15, -0.1) is 0 Å². The van der Waals surface area contributed by atoms with Gasteiger partial charge < -0.3 is 0 Å². The van der Waals surface area contributed by atoms with Crippen LogP contribution in [0.1, 0.15) is 5.69 Å². The van der Waals surface area contributed by atoms with Crippen LogP contribution in [0.4, 0.5) is 4.39 Å². The molecule has 76 valence electrons. The lowest BCUT2D eigenvalue weighted by Crippen LogP contribution is -1.88. The lowest BCUT2D eigenvalue weighted by atomic mass is 10.0. The van der Waals surface area contributed by atoms with Gasteiger partial charge in [0.05, 0.1) is 0 Å². The Morgan fingerprint density at radius 3 is 2.67 bits per heavy atom. The van der Waals surface area contributed by atoms with Gasteiger partial charge in [-0.2, -0.15) is 0 Å². The minimum Gasteiger partial charge on any atom is -0.241 e. The Labute approximate surface area is 92.5 Å². The van der Waals surface area contributed by atoms with E-state index in [9.17, 15) is 4.39 Å². The number of aryl methyl sites for hydroxylation is 1. The van der Waals surface area contributed by atoms with Gasteiger partial charge in [0.15, 0.2) is 0 Å². The molecule has 2 aromatic rings. The molecule has 3 heteroatoms. The molecule has 0 N–H and O–H groups in total. The lowest BCUT2D eigenvalue weighted by molar-refractivity contribution is 0.628. The zero-order chi connectivity index (χ0) is 10.8. The number of halogens is 2. The van der Waals surface area contributed by atoms with Gasteiger partial charge in [0.2, 0.25) is 0 Å². The van der Waals surface area contributed by atoms with Crippen molar-refractivity contribution in [1.82, 2.24) is 4.98 Å². The molecule has 2 rings (SSSR count). The standard InChI is InChI=1S/C12H9ClFN/c1-8-11(5-6-12(13)15-8)9-3-2-4-10(14)7-9/h2-7H,1H3. The summed E-state index contributed by atoms with van der Waals surface area (Å²) in [6.07, 6.45) is 0. The Bertz CT molecular complexity index is 497. The fourth-order valence-electron chi connectivity index (χ4n) is 1.49. The quantitative estimate of drug-likeness (QED) is 0.667. The molecular weight excluding hydrogens is 213 g/mol. The molecule has 0 radical (unpaired) electrons. The van der Waals surface area contributed by atoms with Gasteiger partial charge in [0, 0.05) is 11.3 Å². The monoisotopic (exact) mass is 221 g/mol. The molecule has 0 aliphatic heterocycles. The molecule has 1 heterocycles. The highest BCUT2D eigenvalue weighted by Gasteiger charge is 2.04. The summed E-state index contributed by atoms with van der Waals surface area (Å²) < 4.78 is 13.0. The average molecular weight is 222 g/mol. The highest BCUT2D eigenvalue weighted by molar-refractivity contribution is 6.29. The van der Waals surface area contributed by atoms with E-state index in [4.69, 9.17) is 11.6 Å². The van der Waals surface area contributed by atoms with Gasteiger partial charge in [0.1, 0.15) is 11.0 Å². The Morgan fingerprint density at radius 2 is 2.00 bits per heavy atom. The summed E-state index contributed by atoms with van der Waals surface area (Å²) in [6, 6.07) is 9.98. The number of pyridine rings is 1. The summed E-state index contributed by atoms with van der Waals surface area (Å²) in [4.78, 5) is 4.12. The van der Waals surface area contributed by atoms with Crippen molar-refractivity contribution in [2.75, 3.05) is 0 Å². The lowest BCUT2D eigenvalue weighted by Gasteiger charge is -2.05. The smallest absolute Gasteiger partial charge is 0.129 e. The van der Waals surface area contributed by atoms with Gasteiger partial charge in [0.25, 0.3) is 0 Å². The predicted molar refractivity (Wildman–Crippen MR) is 59.4 cm³/mol. The van der Waals surface area contributed by atoms with Gasteiger partial charge >= 0.3 is 0 Å². The molecule has 1 aromatic heterocycles. The van der Waals surface area contributed by atoms with Crippen molar-refractivity contribution in [2.45, 2.75) is 6.92 Å². The Balaban J connectivity index is 2.54. The number of hydrogen-bond acceptors (Lipinski definition) is 1. The van der Waals surface area contributed by atoms with E-state index in [0.717, 1.165) is 16.8 Å². The number of hydrogen-bond donors (Lipinski definition) is 0. The zero-order valence-electron chi connectivity index (χ0n) is 8.17. The first-order valence-electron chi connectivity index (χ1n) is 4.56. The predicted octanol–water partition coefficient (Wildman–Crippen LogP) is 3.85. The maximum Gasteiger partial charge on any atom is 0.129 e. The van der Waals surface area contributed by atoms with E-state index in [1.54, 1.807) is 12.1 Å². The maximum atomic E-state index is 13.0. The molecule has 0 unspecified atom stereocenters. The second-order valence-corrected chi connectivity index (χ2v) is 3.66. The van der Waals surface area contributed by atoms with E-state index in [1.165, 1.54) is 12.1 Å². The van der Waals surface area contributed by atoms with Crippen LogP contribution in [0.3, 0.4) is 0 Å². The molecule has 0 saturated heterocycles. The first-order chi connectivity index (χ1) is 7.16. The summed E-state index contributed by atoms with van der Waals surface area (Å²) in [5.74, 6) is -0.248. The summed E-state index contributed by atoms with van der Waals surface area (Å²) in [5.41, 5.74) is 2.52. The van der Waals surface area contributed by atoms with Crippen LogP contribution in [0.5, 0.6) is 0 Å². The normalized spacial score (nSPS) is 10.3. The SMILES string of the molecule is Cc1nc(Cl)ccc1-c1cccc(F)c1.